The van der Waals surface area contributed by atoms with Crippen molar-refractivity contribution in [3.05, 3.63) is 94.1 Å². The summed E-state index contributed by atoms with van der Waals surface area (Å²) in [5, 5.41) is 21.3. The Hall–Kier alpha value is -4.26. The zero-order valence-electron chi connectivity index (χ0n) is 20.5. The van der Waals surface area contributed by atoms with Gasteiger partial charge in [-0.15, -0.1) is 0 Å². The third-order valence-corrected chi connectivity index (χ3v) is 6.92. The summed E-state index contributed by atoms with van der Waals surface area (Å²) < 4.78 is 5.71. The average Bonchev–Trinajstić information content (AvgIpc) is 3.11. The molecule has 184 valence electrons. The number of Topliss-reactive ketones (excluding diaryl/α,β-unsaturated/α-hetero) is 1. The number of ether oxygens (including phenoxy) is 1. The van der Waals surface area contributed by atoms with Gasteiger partial charge in [0.1, 0.15) is 23.9 Å². The van der Waals surface area contributed by atoms with Gasteiger partial charge < -0.3 is 24.7 Å². The number of amides is 1. The van der Waals surface area contributed by atoms with Gasteiger partial charge in [0.05, 0.1) is 23.8 Å². The lowest BCUT2D eigenvalue weighted by molar-refractivity contribution is -0.140. The molecule has 2 aliphatic rings. The van der Waals surface area contributed by atoms with Crippen molar-refractivity contribution in [3.8, 4) is 11.5 Å². The number of ketones is 1. The van der Waals surface area contributed by atoms with Crippen LogP contribution in [0.2, 0.25) is 0 Å². The number of phenolic OH excluding ortho intramolecular Hbond substituents is 1. The zero-order chi connectivity index (χ0) is 25.6. The standard InChI is InChI=1S/C29H28N2O5/c1-17-4-5-18(2)21(14-17)16-31-26(19-6-9-22(32)10-7-19)25(28(34)29(31)35)27(33)20-8-11-24-23(15-20)30(3)12-13-36-24/h4-11,14-15,26,32-33H,12-13,16H2,1-3H3/b27-25-. The van der Waals surface area contributed by atoms with Crippen molar-refractivity contribution < 1.29 is 24.5 Å². The Morgan fingerprint density at radius 2 is 1.78 bits per heavy atom. The van der Waals surface area contributed by atoms with E-state index >= 15 is 0 Å². The number of anilines is 1. The van der Waals surface area contributed by atoms with Crippen LogP contribution in [0.25, 0.3) is 5.76 Å². The van der Waals surface area contributed by atoms with Crippen LogP contribution in [0, 0.1) is 13.8 Å². The number of carbonyl (C=O) groups is 2. The number of likely N-dealkylation sites (tertiary alicyclic amines) is 1. The fourth-order valence-electron chi connectivity index (χ4n) is 4.85. The maximum absolute atomic E-state index is 13.4. The summed E-state index contributed by atoms with van der Waals surface area (Å²) in [7, 11) is 1.94. The highest BCUT2D eigenvalue weighted by Gasteiger charge is 2.46. The van der Waals surface area contributed by atoms with E-state index in [9.17, 15) is 19.8 Å². The zero-order valence-corrected chi connectivity index (χ0v) is 20.5. The first-order valence-corrected chi connectivity index (χ1v) is 11.9. The number of fused-ring (bicyclic) bond motifs is 1. The van der Waals surface area contributed by atoms with Crippen LogP contribution in [-0.4, -0.2) is 47.0 Å². The molecular weight excluding hydrogens is 456 g/mol. The van der Waals surface area contributed by atoms with Crippen molar-refractivity contribution in [1.82, 2.24) is 4.90 Å². The molecule has 1 atom stereocenters. The van der Waals surface area contributed by atoms with Crippen molar-refractivity contribution in [1.29, 1.82) is 0 Å². The number of benzene rings is 3. The van der Waals surface area contributed by atoms with Gasteiger partial charge in [0.2, 0.25) is 0 Å². The highest BCUT2D eigenvalue weighted by molar-refractivity contribution is 6.46. The molecule has 1 saturated heterocycles. The molecule has 0 saturated carbocycles. The fourth-order valence-corrected chi connectivity index (χ4v) is 4.85. The number of hydrogen-bond acceptors (Lipinski definition) is 6. The summed E-state index contributed by atoms with van der Waals surface area (Å²) in [6.07, 6.45) is 0. The smallest absolute Gasteiger partial charge is 0.295 e. The van der Waals surface area contributed by atoms with Crippen LogP contribution < -0.4 is 9.64 Å². The van der Waals surface area contributed by atoms with Gasteiger partial charge >= 0.3 is 0 Å². The molecule has 0 bridgehead atoms. The lowest BCUT2D eigenvalue weighted by Gasteiger charge is -2.28. The molecule has 0 spiro atoms. The number of rotatable bonds is 4. The highest BCUT2D eigenvalue weighted by Crippen LogP contribution is 2.42. The molecule has 1 unspecified atom stereocenters. The van der Waals surface area contributed by atoms with Crippen LogP contribution in [0.5, 0.6) is 11.5 Å². The first-order valence-electron chi connectivity index (χ1n) is 11.9. The predicted molar refractivity (Wildman–Crippen MR) is 137 cm³/mol. The minimum absolute atomic E-state index is 0.0235. The third kappa shape index (κ3) is 4.06. The molecule has 3 aromatic carbocycles. The minimum atomic E-state index is -0.810. The molecule has 0 aliphatic carbocycles. The Labute approximate surface area is 209 Å². The van der Waals surface area contributed by atoms with E-state index in [2.05, 4.69) is 0 Å². The van der Waals surface area contributed by atoms with Gasteiger partial charge in [0.25, 0.3) is 11.7 Å². The molecular formula is C29H28N2O5. The highest BCUT2D eigenvalue weighted by atomic mass is 16.5. The van der Waals surface area contributed by atoms with Gasteiger partial charge in [-0.05, 0) is 60.9 Å². The number of aliphatic hydroxyl groups excluding tert-OH is 1. The molecule has 0 aromatic heterocycles. The maximum Gasteiger partial charge on any atom is 0.295 e. The quantitative estimate of drug-likeness (QED) is 0.323. The number of aryl methyl sites for hydroxylation is 2. The maximum atomic E-state index is 13.4. The van der Waals surface area contributed by atoms with E-state index in [1.54, 1.807) is 30.3 Å². The molecule has 36 heavy (non-hydrogen) atoms. The van der Waals surface area contributed by atoms with Crippen molar-refractivity contribution in [3.63, 3.8) is 0 Å². The number of hydrogen-bond donors (Lipinski definition) is 2. The summed E-state index contributed by atoms with van der Waals surface area (Å²) in [6.45, 7) is 5.42. The molecule has 5 rings (SSSR count). The molecule has 7 nitrogen and oxygen atoms in total. The molecule has 2 N–H and O–H groups in total. The monoisotopic (exact) mass is 484 g/mol. The van der Waals surface area contributed by atoms with E-state index in [0.29, 0.717) is 30.0 Å². The van der Waals surface area contributed by atoms with Gasteiger partial charge in [0.15, 0.2) is 0 Å². The Morgan fingerprint density at radius 1 is 1.03 bits per heavy atom. The lowest BCUT2D eigenvalue weighted by atomic mass is 9.94. The summed E-state index contributed by atoms with van der Waals surface area (Å²) in [4.78, 5) is 30.2. The number of phenols is 1. The van der Waals surface area contributed by atoms with Gasteiger partial charge in [0, 0.05) is 19.2 Å². The molecule has 3 aromatic rings. The molecule has 2 heterocycles. The lowest BCUT2D eigenvalue weighted by Crippen LogP contribution is -2.29. The molecule has 1 amide bonds. The second-order valence-corrected chi connectivity index (χ2v) is 9.40. The van der Waals surface area contributed by atoms with Crippen molar-refractivity contribution in [2.24, 2.45) is 0 Å². The van der Waals surface area contributed by atoms with E-state index in [1.807, 2.05) is 44.0 Å². The van der Waals surface area contributed by atoms with Crippen molar-refractivity contribution >= 4 is 23.1 Å². The Bertz CT molecular complexity index is 1390. The van der Waals surface area contributed by atoms with Crippen LogP contribution in [0.3, 0.4) is 0 Å². The number of nitrogens with zero attached hydrogens (tertiary/aromatic N) is 2. The van der Waals surface area contributed by atoms with Gasteiger partial charge in [-0.25, -0.2) is 0 Å². The number of carbonyl (C=O) groups excluding carboxylic acids is 2. The van der Waals surface area contributed by atoms with Crippen LogP contribution in [0.1, 0.15) is 33.9 Å². The first kappa shape index (κ1) is 23.5. The summed E-state index contributed by atoms with van der Waals surface area (Å²) in [5.74, 6) is -0.877. The Kier molecular flexibility index (Phi) is 5.92. The van der Waals surface area contributed by atoms with Crippen LogP contribution >= 0.6 is 0 Å². The molecule has 2 aliphatic heterocycles. The fraction of sp³-hybridized carbons (Fsp3) is 0.241. The third-order valence-electron chi connectivity index (χ3n) is 6.92. The minimum Gasteiger partial charge on any atom is -0.508 e. The van der Waals surface area contributed by atoms with E-state index in [0.717, 1.165) is 22.4 Å². The van der Waals surface area contributed by atoms with Crippen LogP contribution in [0.4, 0.5) is 5.69 Å². The Balaban J connectivity index is 1.65. The van der Waals surface area contributed by atoms with E-state index in [1.165, 1.54) is 17.0 Å². The largest absolute Gasteiger partial charge is 0.508 e. The van der Waals surface area contributed by atoms with Crippen LogP contribution in [-0.2, 0) is 16.1 Å². The second kappa shape index (κ2) is 9.07. The van der Waals surface area contributed by atoms with E-state index in [4.69, 9.17) is 4.74 Å². The second-order valence-electron chi connectivity index (χ2n) is 9.40. The van der Waals surface area contributed by atoms with E-state index < -0.39 is 17.7 Å². The van der Waals surface area contributed by atoms with Crippen LogP contribution in [0.15, 0.2) is 66.2 Å². The van der Waals surface area contributed by atoms with Crippen molar-refractivity contribution in [2.45, 2.75) is 26.4 Å². The summed E-state index contributed by atoms with van der Waals surface area (Å²) in [6, 6.07) is 16.8. The van der Waals surface area contributed by atoms with Crippen molar-refractivity contribution in [2.75, 3.05) is 25.1 Å². The molecule has 0 radical (unpaired) electrons. The average molecular weight is 485 g/mol. The number of likely N-dealkylation sites (N-methyl/N-ethyl adjacent to an activating group) is 1. The van der Waals surface area contributed by atoms with E-state index in [-0.39, 0.29) is 23.6 Å². The number of aliphatic hydroxyl groups is 1. The van der Waals surface area contributed by atoms with Gasteiger partial charge in [-0.3, -0.25) is 9.59 Å². The summed E-state index contributed by atoms with van der Waals surface area (Å²) in [5.41, 5.74) is 4.86. The normalized spacial score (nSPS) is 18.8. The first-order chi connectivity index (χ1) is 17.2. The SMILES string of the molecule is Cc1ccc(C)c(CN2C(=O)C(=O)/C(=C(\O)c3ccc4c(c3)N(C)CCO4)C2c2ccc(O)cc2)c1. The van der Waals surface area contributed by atoms with Gasteiger partial charge in [-0.1, -0.05) is 35.9 Å². The Morgan fingerprint density at radius 3 is 2.53 bits per heavy atom. The predicted octanol–water partition coefficient (Wildman–Crippen LogP) is 4.46. The topological polar surface area (TPSA) is 90.3 Å². The summed E-state index contributed by atoms with van der Waals surface area (Å²) >= 11 is 0. The van der Waals surface area contributed by atoms with Gasteiger partial charge in [-0.2, -0.15) is 0 Å². The number of aromatic hydroxyl groups is 1. The molecule has 1 fully saturated rings. The molecule has 7 heteroatoms.